The first-order valence-corrected chi connectivity index (χ1v) is 3.21. The molecule has 0 aromatic carbocycles. The van der Waals surface area contributed by atoms with Crippen molar-refractivity contribution in [3.8, 4) is 0 Å². The van der Waals surface area contributed by atoms with Crippen molar-refractivity contribution in [1.82, 2.24) is 5.16 Å². The fraction of sp³-hybridized carbons (Fsp3) is 0. The molecule has 6 heteroatoms. The predicted molar refractivity (Wildman–Crippen MR) is 35.0 cm³/mol. The van der Waals surface area contributed by atoms with E-state index in [1.54, 1.807) is 12.3 Å². The maximum absolute atomic E-state index is 9.14. The lowest BCUT2D eigenvalue weighted by Crippen LogP contribution is -1.72. The molecule has 0 saturated carbocycles. The summed E-state index contributed by atoms with van der Waals surface area (Å²) < 4.78 is 25.2. The average molecular weight is 161 g/mol. The van der Waals surface area contributed by atoms with Crippen LogP contribution in [-0.2, 0) is 11.3 Å². The normalized spacial score (nSPS) is 10.9. The molecule has 1 aromatic heterocycles. The lowest BCUT2D eigenvalue weighted by Gasteiger charge is -1.86. The molecule has 56 valence electrons. The number of hydrogen-bond acceptors (Lipinski definition) is 4. The van der Waals surface area contributed by atoms with E-state index >= 15 is 0 Å². The first-order valence-electron chi connectivity index (χ1n) is 2.18. The van der Waals surface area contributed by atoms with E-state index in [-0.39, 0.29) is 0 Å². The Labute approximate surface area is 60.2 Å². The lowest BCUT2D eigenvalue weighted by atomic mass is 10.8. The molecule has 0 fully saturated rings. The molecule has 5 nitrogen and oxygen atoms in total. The van der Waals surface area contributed by atoms with Gasteiger partial charge in [0, 0.05) is 6.72 Å². The van der Waals surface area contributed by atoms with Crippen LogP contribution in [0.25, 0.3) is 0 Å². The molecule has 1 unspecified atom stereocenters. The first-order chi connectivity index (χ1) is 4.77. The van der Waals surface area contributed by atoms with Gasteiger partial charge in [0.1, 0.15) is 6.26 Å². The molecule has 0 aliphatic rings. The molecule has 0 saturated heterocycles. The van der Waals surface area contributed by atoms with Gasteiger partial charge in [0.25, 0.3) is 0 Å². The van der Waals surface area contributed by atoms with Crippen LogP contribution in [0.2, 0.25) is 0 Å². The van der Waals surface area contributed by atoms with E-state index in [2.05, 4.69) is 20.8 Å². The van der Waals surface area contributed by atoms with Crippen molar-refractivity contribution in [3.05, 3.63) is 18.5 Å². The SMILES string of the molecule is C=NS(=O)[O-].c1cnoc1. The number of nitrogens with zero attached hydrogens (tertiary/aromatic N) is 2. The van der Waals surface area contributed by atoms with Crippen molar-refractivity contribution >= 4 is 18.0 Å². The maximum atomic E-state index is 9.14. The van der Waals surface area contributed by atoms with Crippen molar-refractivity contribution in [2.45, 2.75) is 0 Å². The monoisotopic (exact) mass is 161 g/mol. The Bertz CT molecular complexity index is 169. The van der Waals surface area contributed by atoms with Crippen LogP contribution in [0.3, 0.4) is 0 Å². The minimum Gasteiger partial charge on any atom is -0.754 e. The Hall–Kier alpha value is -1.01. The minimum atomic E-state index is -2.31. The van der Waals surface area contributed by atoms with Crippen molar-refractivity contribution in [2.75, 3.05) is 0 Å². The highest BCUT2D eigenvalue weighted by atomic mass is 32.2. The molecule has 0 N–H and O–H groups in total. The Morgan fingerprint density at radius 3 is 2.50 bits per heavy atom. The highest BCUT2D eigenvalue weighted by molar-refractivity contribution is 7.77. The molecule has 0 amide bonds. The van der Waals surface area contributed by atoms with Crippen molar-refractivity contribution in [1.29, 1.82) is 0 Å². The first kappa shape index (κ1) is 8.99. The Morgan fingerprint density at radius 1 is 1.80 bits per heavy atom. The van der Waals surface area contributed by atoms with Gasteiger partial charge in [-0.05, 0) is 6.07 Å². The second-order valence-electron chi connectivity index (χ2n) is 1.03. The molecule has 1 heterocycles. The van der Waals surface area contributed by atoms with Crippen LogP contribution in [0.5, 0.6) is 0 Å². The molecule has 1 atom stereocenters. The van der Waals surface area contributed by atoms with Crippen molar-refractivity contribution in [3.63, 3.8) is 0 Å². The fourth-order valence-corrected chi connectivity index (χ4v) is 0.176. The molecular weight excluding hydrogens is 156 g/mol. The summed E-state index contributed by atoms with van der Waals surface area (Å²) in [5.41, 5.74) is 0. The molecule has 0 aliphatic heterocycles. The second kappa shape index (κ2) is 6.12. The third-order valence-electron chi connectivity index (χ3n) is 0.453. The molecule has 0 aliphatic carbocycles. The van der Waals surface area contributed by atoms with E-state index in [4.69, 9.17) is 8.76 Å². The predicted octanol–water partition coefficient (Wildman–Crippen LogP) is 0.156. The number of hydrogen-bond donors (Lipinski definition) is 0. The van der Waals surface area contributed by atoms with Crippen LogP contribution in [0.15, 0.2) is 27.4 Å². The van der Waals surface area contributed by atoms with Crippen LogP contribution in [0, 0.1) is 0 Å². The quantitative estimate of drug-likeness (QED) is 0.434. The summed E-state index contributed by atoms with van der Waals surface area (Å²) in [6.07, 6.45) is 3.10. The van der Waals surface area contributed by atoms with E-state index in [1.165, 1.54) is 6.26 Å². The van der Waals surface area contributed by atoms with Gasteiger partial charge in [-0.25, -0.2) is 4.40 Å². The molecular formula is C4H5N2O3S-. The van der Waals surface area contributed by atoms with E-state index in [9.17, 15) is 0 Å². The van der Waals surface area contributed by atoms with Gasteiger partial charge < -0.3 is 9.08 Å². The summed E-state index contributed by atoms with van der Waals surface area (Å²) in [7, 11) is 0. The Morgan fingerprint density at radius 2 is 2.40 bits per heavy atom. The van der Waals surface area contributed by atoms with Gasteiger partial charge in [0.05, 0.1) is 17.5 Å². The molecule has 0 radical (unpaired) electrons. The Kier molecular flexibility index (Phi) is 5.50. The molecule has 10 heavy (non-hydrogen) atoms. The van der Waals surface area contributed by atoms with Crippen LogP contribution >= 0.6 is 0 Å². The van der Waals surface area contributed by atoms with Crippen molar-refractivity contribution < 1.29 is 13.3 Å². The average Bonchev–Trinajstić information content (AvgIpc) is 2.43. The summed E-state index contributed by atoms with van der Waals surface area (Å²) in [5, 5.41) is 3.35. The zero-order chi connectivity index (χ0) is 7.82. The van der Waals surface area contributed by atoms with Crippen molar-refractivity contribution in [2.24, 2.45) is 4.40 Å². The van der Waals surface area contributed by atoms with E-state index < -0.39 is 11.3 Å². The van der Waals surface area contributed by atoms with Crippen LogP contribution in [-0.4, -0.2) is 20.6 Å². The van der Waals surface area contributed by atoms with Crippen LogP contribution in [0.1, 0.15) is 0 Å². The van der Waals surface area contributed by atoms with Gasteiger partial charge in [-0.2, -0.15) is 0 Å². The van der Waals surface area contributed by atoms with Gasteiger partial charge in [-0.1, -0.05) is 5.16 Å². The van der Waals surface area contributed by atoms with Gasteiger partial charge in [0.15, 0.2) is 0 Å². The highest BCUT2D eigenvalue weighted by Crippen LogP contribution is 1.72. The van der Waals surface area contributed by atoms with Gasteiger partial charge >= 0.3 is 0 Å². The number of aromatic nitrogens is 1. The topological polar surface area (TPSA) is 78.5 Å². The third kappa shape index (κ3) is 6.99. The second-order valence-corrected chi connectivity index (χ2v) is 1.73. The maximum Gasteiger partial charge on any atom is 0.123 e. The molecule has 1 aromatic rings. The molecule has 1 rings (SSSR count). The van der Waals surface area contributed by atoms with Gasteiger partial charge in [-0.3, -0.25) is 4.21 Å². The van der Waals surface area contributed by atoms with Gasteiger partial charge in [-0.15, -0.1) is 0 Å². The summed E-state index contributed by atoms with van der Waals surface area (Å²) >= 11 is -2.31. The summed E-state index contributed by atoms with van der Waals surface area (Å²) in [4.78, 5) is 0. The lowest BCUT2D eigenvalue weighted by molar-refractivity contribution is 0.420. The molecule has 0 bridgehead atoms. The van der Waals surface area contributed by atoms with Gasteiger partial charge in [0.2, 0.25) is 0 Å². The zero-order valence-electron chi connectivity index (χ0n) is 4.97. The Balaban J connectivity index is 0.000000162. The standard InChI is InChI=1S/C3H3NO.CH3NO2S/c1-2-4-5-3-1;1-2-5(3)4/h1-3H;1H2,(H,3,4)/p-1. The van der Waals surface area contributed by atoms with E-state index in [0.717, 1.165) is 0 Å². The van der Waals surface area contributed by atoms with E-state index in [1.807, 2.05) is 0 Å². The highest BCUT2D eigenvalue weighted by Gasteiger charge is 1.60. The van der Waals surface area contributed by atoms with E-state index in [0.29, 0.717) is 0 Å². The zero-order valence-corrected chi connectivity index (χ0v) is 5.78. The molecule has 0 spiro atoms. The third-order valence-corrected chi connectivity index (χ3v) is 0.663. The minimum absolute atomic E-state index is 1.51. The summed E-state index contributed by atoms with van der Waals surface area (Å²) in [5.74, 6) is 0. The number of rotatable bonds is 1. The largest absolute Gasteiger partial charge is 0.754 e. The van der Waals surface area contributed by atoms with Crippen LogP contribution < -0.4 is 0 Å². The summed E-state index contributed by atoms with van der Waals surface area (Å²) in [6, 6.07) is 1.72. The smallest absolute Gasteiger partial charge is 0.123 e. The van der Waals surface area contributed by atoms with Crippen LogP contribution in [0.4, 0.5) is 0 Å². The fourth-order valence-electron chi connectivity index (χ4n) is 0.176. The summed E-state index contributed by atoms with van der Waals surface area (Å²) in [6.45, 7) is 2.70.